The zero-order chi connectivity index (χ0) is 10.3. The van der Waals surface area contributed by atoms with Crippen LogP contribution in [0.2, 0.25) is 0 Å². The molecule has 2 heterocycles. The van der Waals surface area contributed by atoms with E-state index in [9.17, 15) is 0 Å². The van der Waals surface area contributed by atoms with Crippen molar-refractivity contribution in [1.29, 1.82) is 0 Å². The van der Waals surface area contributed by atoms with E-state index in [-0.39, 0.29) is 0 Å². The molecular formula is C12H21N2+. The second kappa shape index (κ2) is 3.41. The molecule has 0 aliphatic carbocycles. The van der Waals surface area contributed by atoms with Crippen LogP contribution in [0.5, 0.6) is 0 Å². The van der Waals surface area contributed by atoms with Gasteiger partial charge in [-0.3, -0.25) is 0 Å². The van der Waals surface area contributed by atoms with Crippen LogP contribution in [0, 0.1) is 0 Å². The topological polar surface area (TPSA) is 8.81 Å². The largest absolute Gasteiger partial charge is 0.199 e. The molecule has 1 aromatic rings. The molecular weight excluding hydrogens is 172 g/mol. The van der Waals surface area contributed by atoms with Crippen molar-refractivity contribution in [1.82, 2.24) is 4.68 Å². The van der Waals surface area contributed by atoms with Crippen LogP contribution in [-0.2, 0) is 13.0 Å². The molecule has 0 amide bonds. The summed E-state index contributed by atoms with van der Waals surface area (Å²) in [7, 11) is 0. The fourth-order valence-electron chi connectivity index (χ4n) is 2.41. The summed E-state index contributed by atoms with van der Waals surface area (Å²) >= 11 is 0. The van der Waals surface area contributed by atoms with Crippen LogP contribution in [0.3, 0.4) is 0 Å². The van der Waals surface area contributed by atoms with E-state index < -0.39 is 0 Å². The normalized spacial score (nSPS) is 15.6. The highest BCUT2D eigenvalue weighted by Gasteiger charge is 2.28. The predicted octanol–water partition coefficient (Wildman–Crippen LogP) is 2.43. The Morgan fingerprint density at radius 1 is 1.29 bits per heavy atom. The molecule has 0 radical (unpaired) electrons. The highest BCUT2D eigenvalue weighted by Crippen LogP contribution is 2.24. The second-order valence-electron chi connectivity index (χ2n) is 4.89. The lowest BCUT2D eigenvalue weighted by Gasteiger charge is -2.01. The van der Waals surface area contributed by atoms with Crippen LogP contribution in [0.25, 0.3) is 0 Å². The first-order chi connectivity index (χ1) is 6.61. The lowest BCUT2D eigenvalue weighted by molar-refractivity contribution is -0.791. The zero-order valence-electron chi connectivity index (χ0n) is 9.75. The van der Waals surface area contributed by atoms with Gasteiger partial charge in [0, 0.05) is 5.56 Å². The summed E-state index contributed by atoms with van der Waals surface area (Å²) in [6.45, 7) is 10.3. The molecule has 0 unspecified atom stereocenters. The fraction of sp³-hybridized carbons (Fsp3) is 0.750. The van der Waals surface area contributed by atoms with Gasteiger partial charge >= 0.3 is 0 Å². The predicted molar refractivity (Wildman–Crippen MR) is 57.4 cm³/mol. The van der Waals surface area contributed by atoms with Crippen LogP contribution in [-0.4, -0.2) is 4.68 Å². The summed E-state index contributed by atoms with van der Waals surface area (Å²) in [6, 6.07) is 0.583. The van der Waals surface area contributed by atoms with Gasteiger partial charge in [-0.1, -0.05) is 13.8 Å². The van der Waals surface area contributed by atoms with Crippen LogP contribution in [0.1, 0.15) is 57.3 Å². The number of hydrogen-bond acceptors (Lipinski definition) is 0. The third-order valence-electron chi connectivity index (χ3n) is 3.13. The lowest BCUT2D eigenvalue weighted by Crippen LogP contribution is -2.44. The Labute approximate surface area is 86.5 Å². The molecule has 1 aliphatic rings. The van der Waals surface area contributed by atoms with Gasteiger partial charge in [0.15, 0.2) is 12.2 Å². The molecule has 0 bridgehead atoms. The Morgan fingerprint density at radius 3 is 2.57 bits per heavy atom. The first-order valence-electron chi connectivity index (χ1n) is 5.75. The molecule has 0 saturated carbocycles. The summed E-state index contributed by atoms with van der Waals surface area (Å²) in [5, 5.41) is 0. The van der Waals surface area contributed by atoms with E-state index in [4.69, 9.17) is 0 Å². The Bertz CT molecular complexity index is 304. The Kier molecular flexibility index (Phi) is 2.38. The molecule has 0 N–H and O–H groups in total. The summed E-state index contributed by atoms with van der Waals surface area (Å²) in [5.41, 5.74) is 3.13. The molecule has 0 atom stereocenters. The minimum Gasteiger partial charge on any atom is -0.157 e. The van der Waals surface area contributed by atoms with E-state index in [2.05, 4.69) is 43.3 Å². The summed E-state index contributed by atoms with van der Waals surface area (Å²) in [5.74, 6) is 0.661. The SMILES string of the molecule is CC(C)c1c[n+](C(C)C)n2c1CCC2. The van der Waals surface area contributed by atoms with Crippen molar-refractivity contribution in [2.24, 2.45) is 0 Å². The molecule has 0 spiro atoms. The van der Waals surface area contributed by atoms with Crippen molar-refractivity contribution in [3.63, 3.8) is 0 Å². The second-order valence-corrected chi connectivity index (χ2v) is 4.89. The van der Waals surface area contributed by atoms with E-state index in [0.717, 1.165) is 0 Å². The molecule has 0 saturated heterocycles. The number of nitrogens with zero attached hydrogens (tertiary/aromatic N) is 2. The van der Waals surface area contributed by atoms with E-state index in [1.165, 1.54) is 19.4 Å². The van der Waals surface area contributed by atoms with Gasteiger partial charge in [0.2, 0.25) is 0 Å². The van der Waals surface area contributed by atoms with Gasteiger partial charge in [0.1, 0.15) is 0 Å². The monoisotopic (exact) mass is 193 g/mol. The maximum atomic E-state index is 2.47. The van der Waals surface area contributed by atoms with E-state index in [1.807, 2.05) is 0 Å². The van der Waals surface area contributed by atoms with Crippen LogP contribution >= 0.6 is 0 Å². The lowest BCUT2D eigenvalue weighted by atomic mass is 10.0. The van der Waals surface area contributed by atoms with Crippen molar-refractivity contribution in [2.45, 2.75) is 59.0 Å². The third-order valence-corrected chi connectivity index (χ3v) is 3.13. The summed E-state index contributed by atoms with van der Waals surface area (Å²) < 4.78 is 4.87. The highest BCUT2D eigenvalue weighted by atomic mass is 15.4. The van der Waals surface area contributed by atoms with Crippen molar-refractivity contribution in [3.05, 3.63) is 17.5 Å². The fourth-order valence-corrected chi connectivity index (χ4v) is 2.41. The Balaban J connectivity index is 2.49. The van der Waals surface area contributed by atoms with Crippen molar-refractivity contribution in [3.8, 4) is 0 Å². The Hall–Kier alpha value is -0.790. The molecule has 1 aliphatic heterocycles. The molecule has 78 valence electrons. The number of rotatable bonds is 2. The standard InChI is InChI=1S/C12H21N2/c1-9(2)11-8-14(10(3)4)13-7-5-6-12(11)13/h8-10H,5-7H2,1-4H3/q+1. The smallest absolute Gasteiger partial charge is 0.157 e. The van der Waals surface area contributed by atoms with Crippen LogP contribution < -0.4 is 4.68 Å². The van der Waals surface area contributed by atoms with Gasteiger partial charge in [-0.2, -0.15) is 4.68 Å². The first kappa shape index (κ1) is 9.75. The maximum absolute atomic E-state index is 2.47. The number of hydrogen-bond donors (Lipinski definition) is 0. The average molecular weight is 193 g/mol. The van der Waals surface area contributed by atoms with Crippen molar-refractivity contribution in [2.75, 3.05) is 0 Å². The average Bonchev–Trinajstić information content (AvgIpc) is 2.59. The molecule has 0 fully saturated rings. The van der Waals surface area contributed by atoms with E-state index in [1.54, 1.807) is 11.3 Å². The van der Waals surface area contributed by atoms with Gasteiger partial charge in [-0.05, 0) is 32.6 Å². The van der Waals surface area contributed by atoms with Crippen molar-refractivity contribution < 1.29 is 4.68 Å². The van der Waals surface area contributed by atoms with Gasteiger partial charge in [-0.25, -0.2) is 0 Å². The third kappa shape index (κ3) is 1.37. The zero-order valence-corrected chi connectivity index (χ0v) is 9.75. The molecule has 1 aromatic heterocycles. The van der Waals surface area contributed by atoms with E-state index >= 15 is 0 Å². The molecule has 2 nitrogen and oxygen atoms in total. The van der Waals surface area contributed by atoms with Gasteiger partial charge in [0.25, 0.3) is 0 Å². The van der Waals surface area contributed by atoms with Crippen LogP contribution in [0.15, 0.2) is 6.20 Å². The molecule has 2 heteroatoms. The van der Waals surface area contributed by atoms with Crippen LogP contribution in [0.4, 0.5) is 0 Å². The highest BCUT2D eigenvalue weighted by molar-refractivity contribution is 5.20. The van der Waals surface area contributed by atoms with E-state index in [0.29, 0.717) is 12.0 Å². The molecule has 14 heavy (non-hydrogen) atoms. The number of fused-ring (bicyclic) bond motifs is 1. The quantitative estimate of drug-likeness (QED) is 0.638. The summed E-state index contributed by atoms with van der Waals surface area (Å²) in [6.07, 6.45) is 4.94. The van der Waals surface area contributed by atoms with Gasteiger partial charge in [0.05, 0.1) is 12.2 Å². The summed E-state index contributed by atoms with van der Waals surface area (Å²) in [4.78, 5) is 0. The number of aromatic nitrogens is 2. The molecule has 2 rings (SSSR count). The van der Waals surface area contributed by atoms with Gasteiger partial charge < -0.3 is 0 Å². The minimum absolute atomic E-state index is 0.583. The minimum atomic E-state index is 0.583. The molecule has 0 aromatic carbocycles. The first-order valence-corrected chi connectivity index (χ1v) is 5.75. The van der Waals surface area contributed by atoms with Crippen molar-refractivity contribution >= 4 is 0 Å². The Morgan fingerprint density at radius 2 is 2.00 bits per heavy atom. The van der Waals surface area contributed by atoms with Gasteiger partial charge in [-0.15, -0.1) is 4.68 Å². The maximum Gasteiger partial charge on any atom is 0.199 e.